The highest BCUT2D eigenvalue weighted by molar-refractivity contribution is 5.75. The zero-order chi connectivity index (χ0) is 14.1. The van der Waals surface area contributed by atoms with Gasteiger partial charge in [-0.25, -0.2) is 5.43 Å². The molecule has 6 heteroatoms. The van der Waals surface area contributed by atoms with E-state index in [1.807, 2.05) is 0 Å². The second kappa shape index (κ2) is 8.20. The Balaban J connectivity index is 2.42. The maximum atomic E-state index is 11.2. The van der Waals surface area contributed by atoms with E-state index in [-0.39, 0.29) is 5.91 Å². The number of benzene rings is 1. The van der Waals surface area contributed by atoms with Crippen molar-refractivity contribution in [2.45, 2.75) is 12.8 Å². The van der Waals surface area contributed by atoms with Crippen LogP contribution in [0.15, 0.2) is 18.2 Å². The second-order valence-corrected chi connectivity index (χ2v) is 3.80. The molecule has 0 saturated carbocycles. The summed E-state index contributed by atoms with van der Waals surface area (Å²) in [5, 5.41) is 0. The lowest BCUT2D eigenvalue weighted by molar-refractivity contribution is -0.122. The molecule has 0 spiro atoms. The molecule has 1 amide bonds. The molecule has 106 valence electrons. The van der Waals surface area contributed by atoms with Crippen LogP contribution in [0.3, 0.4) is 0 Å². The third kappa shape index (κ3) is 5.48. The lowest BCUT2D eigenvalue weighted by Crippen LogP contribution is -2.34. The van der Waals surface area contributed by atoms with Crippen molar-refractivity contribution in [1.29, 1.82) is 0 Å². The fourth-order valence-corrected chi connectivity index (χ4v) is 1.49. The van der Waals surface area contributed by atoms with E-state index in [0.29, 0.717) is 36.7 Å². The van der Waals surface area contributed by atoms with Gasteiger partial charge < -0.3 is 14.2 Å². The van der Waals surface area contributed by atoms with Crippen LogP contribution in [0.25, 0.3) is 0 Å². The van der Waals surface area contributed by atoms with Crippen LogP contribution in [-0.2, 0) is 4.79 Å². The molecule has 0 heterocycles. The maximum absolute atomic E-state index is 11.2. The van der Waals surface area contributed by atoms with Gasteiger partial charge in [-0.3, -0.25) is 10.2 Å². The fourth-order valence-electron chi connectivity index (χ4n) is 1.49. The van der Waals surface area contributed by atoms with Crippen LogP contribution in [-0.4, -0.2) is 33.8 Å². The summed E-state index contributed by atoms with van der Waals surface area (Å²) in [6.45, 7) is 0.452. The first-order chi connectivity index (χ1) is 9.19. The third-order valence-electron chi connectivity index (χ3n) is 2.41. The van der Waals surface area contributed by atoms with E-state index >= 15 is 0 Å². The van der Waals surface area contributed by atoms with Gasteiger partial charge in [0.1, 0.15) is 17.2 Å². The SMILES string of the molecule is CNNC(=O)CCCOc1cc(OC)cc(OC)c1. The van der Waals surface area contributed by atoms with E-state index in [0.717, 1.165) is 0 Å². The Morgan fingerprint density at radius 1 is 1.11 bits per heavy atom. The topological polar surface area (TPSA) is 68.8 Å². The maximum Gasteiger partial charge on any atom is 0.234 e. The number of methoxy groups -OCH3 is 2. The molecule has 1 rings (SSSR count). The monoisotopic (exact) mass is 268 g/mol. The highest BCUT2D eigenvalue weighted by atomic mass is 16.5. The van der Waals surface area contributed by atoms with Crippen molar-refractivity contribution in [2.75, 3.05) is 27.9 Å². The smallest absolute Gasteiger partial charge is 0.234 e. The molecule has 0 radical (unpaired) electrons. The van der Waals surface area contributed by atoms with Crippen molar-refractivity contribution in [3.8, 4) is 17.2 Å². The molecule has 0 unspecified atom stereocenters. The van der Waals surface area contributed by atoms with E-state index in [9.17, 15) is 4.79 Å². The number of amides is 1. The van der Waals surface area contributed by atoms with Crippen LogP contribution in [0, 0.1) is 0 Å². The normalized spacial score (nSPS) is 9.84. The minimum absolute atomic E-state index is 0.0608. The Hall–Kier alpha value is -1.95. The van der Waals surface area contributed by atoms with Crippen LogP contribution in [0.1, 0.15) is 12.8 Å². The van der Waals surface area contributed by atoms with Crippen LogP contribution in [0.5, 0.6) is 17.2 Å². The number of carbonyl (C=O) groups is 1. The molecular formula is C13H20N2O4. The Morgan fingerprint density at radius 2 is 1.68 bits per heavy atom. The van der Waals surface area contributed by atoms with Crippen molar-refractivity contribution < 1.29 is 19.0 Å². The molecule has 1 aromatic carbocycles. The van der Waals surface area contributed by atoms with Gasteiger partial charge in [0.15, 0.2) is 0 Å². The molecule has 2 N–H and O–H groups in total. The number of ether oxygens (including phenoxy) is 3. The van der Waals surface area contributed by atoms with Crippen LogP contribution < -0.4 is 25.1 Å². The van der Waals surface area contributed by atoms with E-state index < -0.39 is 0 Å². The van der Waals surface area contributed by atoms with Gasteiger partial charge >= 0.3 is 0 Å². The van der Waals surface area contributed by atoms with Crippen molar-refractivity contribution in [3.05, 3.63) is 18.2 Å². The van der Waals surface area contributed by atoms with E-state index in [1.165, 1.54) is 0 Å². The van der Waals surface area contributed by atoms with Crippen molar-refractivity contribution >= 4 is 5.91 Å². The largest absolute Gasteiger partial charge is 0.496 e. The first-order valence-electron chi connectivity index (χ1n) is 6.01. The average molecular weight is 268 g/mol. The lowest BCUT2D eigenvalue weighted by Gasteiger charge is -2.10. The predicted molar refractivity (Wildman–Crippen MR) is 71.5 cm³/mol. The van der Waals surface area contributed by atoms with Gasteiger partial charge in [-0.05, 0) is 6.42 Å². The summed E-state index contributed by atoms with van der Waals surface area (Å²) in [6.07, 6.45) is 1.04. The Labute approximate surface area is 113 Å². The summed E-state index contributed by atoms with van der Waals surface area (Å²) in [5.41, 5.74) is 5.08. The zero-order valence-corrected chi connectivity index (χ0v) is 11.5. The molecule has 6 nitrogen and oxygen atoms in total. The van der Waals surface area contributed by atoms with Crippen molar-refractivity contribution in [3.63, 3.8) is 0 Å². The highest BCUT2D eigenvalue weighted by Gasteiger charge is 2.04. The number of hydrogen-bond acceptors (Lipinski definition) is 5. The van der Waals surface area contributed by atoms with Crippen molar-refractivity contribution in [1.82, 2.24) is 10.9 Å². The summed E-state index contributed by atoms with van der Waals surface area (Å²) in [6, 6.07) is 5.32. The molecular weight excluding hydrogens is 248 g/mol. The standard InChI is InChI=1S/C13H20N2O4/c1-14-15-13(16)5-4-6-19-12-8-10(17-2)7-11(9-12)18-3/h7-9,14H,4-6H2,1-3H3,(H,15,16). The quantitative estimate of drug-likeness (QED) is 0.546. The molecule has 1 aromatic rings. The Morgan fingerprint density at radius 3 is 2.21 bits per heavy atom. The molecule has 0 saturated heterocycles. The number of nitrogens with one attached hydrogen (secondary N) is 2. The van der Waals surface area contributed by atoms with E-state index in [4.69, 9.17) is 14.2 Å². The fraction of sp³-hybridized carbons (Fsp3) is 0.462. The van der Waals surface area contributed by atoms with Crippen LogP contribution in [0.4, 0.5) is 0 Å². The lowest BCUT2D eigenvalue weighted by atomic mass is 10.3. The summed E-state index contributed by atoms with van der Waals surface area (Å²) < 4.78 is 15.8. The number of hydrazine groups is 1. The van der Waals surface area contributed by atoms with Crippen LogP contribution in [0.2, 0.25) is 0 Å². The molecule has 0 aromatic heterocycles. The molecule has 0 fully saturated rings. The number of rotatable bonds is 8. The summed E-state index contributed by atoms with van der Waals surface area (Å²) in [7, 11) is 4.82. The number of hydrogen-bond donors (Lipinski definition) is 2. The van der Waals surface area contributed by atoms with E-state index in [2.05, 4.69) is 10.9 Å². The summed E-state index contributed by atoms with van der Waals surface area (Å²) >= 11 is 0. The van der Waals surface area contributed by atoms with E-state index in [1.54, 1.807) is 39.5 Å². The summed E-state index contributed by atoms with van der Waals surface area (Å²) in [5.74, 6) is 1.93. The number of carbonyl (C=O) groups excluding carboxylic acids is 1. The average Bonchev–Trinajstić information content (AvgIpc) is 2.43. The van der Waals surface area contributed by atoms with Gasteiger partial charge in [0.25, 0.3) is 0 Å². The van der Waals surface area contributed by atoms with Gasteiger partial charge in [0.05, 0.1) is 20.8 Å². The van der Waals surface area contributed by atoms with Gasteiger partial charge in [-0.1, -0.05) is 0 Å². The first kappa shape index (κ1) is 15.1. The molecule has 0 aliphatic carbocycles. The first-order valence-corrected chi connectivity index (χ1v) is 6.01. The molecule has 0 aliphatic rings. The van der Waals surface area contributed by atoms with Gasteiger partial charge in [-0.2, -0.15) is 0 Å². The Kier molecular flexibility index (Phi) is 6.52. The molecule has 0 aliphatic heterocycles. The minimum Gasteiger partial charge on any atom is -0.496 e. The Bertz CT molecular complexity index is 387. The molecule has 19 heavy (non-hydrogen) atoms. The molecule has 0 atom stereocenters. The zero-order valence-electron chi connectivity index (χ0n) is 11.5. The predicted octanol–water partition coefficient (Wildman–Crippen LogP) is 1.11. The molecule has 0 bridgehead atoms. The highest BCUT2D eigenvalue weighted by Crippen LogP contribution is 2.27. The van der Waals surface area contributed by atoms with Crippen molar-refractivity contribution in [2.24, 2.45) is 0 Å². The van der Waals surface area contributed by atoms with Crippen LogP contribution >= 0.6 is 0 Å². The second-order valence-electron chi connectivity index (χ2n) is 3.80. The third-order valence-corrected chi connectivity index (χ3v) is 2.41. The van der Waals surface area contributed by atoms with Gasteiger partial charge in [0.2, 0.25) is 5.91 Å². The summed E-state index contributed by atoms with van der Waals surface area (Å²) in [4.78, 5) is 11.2. The minimum atomic E-state index is -0.0608. The van der Waals surface area contributed by atoms with Gasteiger partial charge in [-0.15, -0.1) is 0 Å². The van der Waals surface area contributed by atoms with Gasteiger partial charge in [0, 0.05) is 31.7 Å².